The maximum absolute atomic E-state index is 12.9. The lowest BCUT2D eigenvalue weighted by Crippen LogP contribution is -2.18. The molecular weight excluding hydrogens is 350 g/mol. The van der Waals surface area contributed by atoms with Crippen molar-refractivity contribution in [3.8, 4) is 5.69 Å². The number of rotatable bonds is 5. The number of hydrogen-bond acceptors (Lipinski definition) is 5. The van der Waals surface area contributed by atoms with Crippen LogP contribution in [0.4, 0.5) is 5.69 Å². The van der Waals surface area contributed by atoms with Crippen LogP contribution in [0.15, 0.2) is 47.8 Å². The van der Waals surface area contributed by atoms with Gasteiger partial charge in [0.15, 0.2) is 0 Å². The van der Waals surface area contributed by atoms with Crippen molar-refractivity contribution in [2.45, 2.75) is 18.8 Å². The highest BCUT2D eigenvalue weighted by molar-refractivity contribution is 7.12. The molecule has 2 heterocycles. The summed E-state index contributed by atoms with van der Waals surface area (Å²) in [7, 11) is 1.32. The summed E-state index contributed by atoms with van der Waals surface area (Å²) in [6, 6.07) is 13.1. The number of anilines is 1. The number of hydrogen-bond donors (Lipinski definition) is 1. The first-order valence-electron chi connectivity index (χ1n) is 8.30. The number of nitrogens with zero attached hydrogens (tertiary/aromatic N) is 2. The first-order chi connectivity index (χ1) is 12.7. The first kappa shape index (κ1) is 16.5. The molecule has 0 aliphatic heterocycles. The van der Waals surface area contributed by atoms with Gasteiger partial charge in [-0.05, 0) is 42.5 Å². The summed E-state index contributed by atoms with van der Waals surface area (Å²) in [5.74, 6) is -0.347. The summed E-state index contributed by atoms with van der Waals surface area (Å²) in [6.07, 6.45) is 2.20. The molecule has 2 aromatic heterocycles. The molecule has 0 spiro atoms. The molecule has 0 saturated heterocycles. The summed E-state index contributed by atoms with van der Waals surface area (Å²) in [5, 5.41) is 9.19. The standard InChI is InChI=1S/C19H17N3O3S/c1-25-19(24)17-14(9-10-26-17)20-18(23)16-11-15(12-7-8-12)21-22(16)13-5-3-2-4-6-13/h2-6,9-12H,7-8H2,1H3,(H,20,23). The van der Waals surface area contributed by atoms with Gasteiger partial charge in [-0.3, -0.25) is 4.79 Å². The maximum Gasteiger partial charge on any atom is 0.350 e. The van der Waals surface area contributed by atoms with E-state index >= 15 is 0 Å². The highest BCUT2D eigenvalue weighted by atomic mass is 32.1. The van der Waals surface area contributed by atoms with Crippen LogP contribution in [0.3, 0.4) is 0 Å². The fourth-order valence-corrected chi connectivity index (χ4v) is 3.52. The third kappa shape index (κ3) is 3.13. The summed E-state index contributed by atoms with van der Waals surface area (Å²) in [6.45, 7) is 0. The lowest BCUT2D eigenvalue weighted by Gasteiger charge is -2.08. The fraction of sp³-hybridized carbons (Fsp3) is 0.211. The molecule has 1 saturated carbocycles. The molecule has 1 aromatic carbocycles. The van der Waals surface area contributed by atoms with Crippen molar-refractivity contribution in [2.24, 2.45) is 0 Å². The van der Waals surface area contributed by atoms with Crippen molar-refractivity contribution in [3.63, 3.8) is 0 Å². The molecule has 3 aromatic rings. The van der Waals surface area contributed by atoms with E-state index in [2.05, 4.69) is 10.4 Å². The molecule has 1 amide bonds. The zero-order valence-electron chi connectivity index (χ0n) is 14.1. The lowest BCUT2D eigenvalue weighted by atomic mass is 10.2. The number of para-hydroxylation sites is 1. The molecule has 1 fully saturated rings. The van der Waals surface area contributed by atoms with Gasteiger partial charge in [-0.2, -0.15) is 5.10 Å². The molecule has 132 valence electrons. The molecule has 1 aliphatic carbocycles. The average molecular weight is 367 g/mol. The van der Waals surface area contributed by atoms with E-state index in [1.165, 1.54) is 18.4 Å². The van der Waals surface area contributed by atoms with E-state index in [0.717, 1.165) is 24.2 Å². The van der Waals surface area contributed by atoms with Gasteiger partial charge < -0.3 is 10.1 Å². The molecule has 26 heavy (non-hydrogen) atoms. The molecule has 1 N–H and O–H groups in total. The Morgan fingerprint density at radius 3 is 2.69 bits per heavy atom. The van der Waals surface area contributed by atoms with Crippen LogP contribution < -0.4 is 5.32 Å². The smallest absolute Gasteiger partial charge is 0.350 e. The number of methoxy groups -OCH3 is 1. The molecule has 0 unspecified atom stereocenters. The normalized spacial score (nSPS) is 13.4. The molecule has 0 bridgehead atoms. The van der Waals surface area contributed by atoms with Crippen molar-refractivity contribution in [2.75, 3.05) is 12.4 Å². The van der Waals surface area contributed by atoms with Gasteiger partial charge in [0, 0.05) is 5.92 Å². The van der Waals surface area contributed by atoms with Crippen LogP contribution in [-0.4, -0.2) is 28.8 Å². The Bertz CT molecular complexity index is 958. The van der Waals surface area contributed by atoms with Gasteiger partial charge in [0.05, 0.1) is 24.2 Å². The Morgan fingerprint density at radius 1 is 1.23 bits per heavy atom. The second kappa shape index (κ2) is 6.76. The van der Waals surface area contributed by atoms with Gasteiger partial charge >= 0.3 is 5.97 Å². The summed E-state index contributed by atoms with van der Waals surface area (Å²) >= 11 is 1.23. The Labute approximate surface area is 154 Å². The van der Waals surface area contributed by atoms with Gasteiger partial charge in [0.25, 0.3) is 5.91 Å². The van der Waals surface area contributed by atoms with Gasteiger partial charge in [0.1, 0.15) is 10.6 Å². The van der Waals surface area contributed by atoms with Crippen LogP contribution in [0.1, 0.15) is 44.6 Å². The highest BCUT2D eigenvalue weighted by Crippen LogP contribution is 2.39. The van der Waals surface area contributed by atoms with Gasteiger partial charge in [-0.25, -0.2) is 9.48 Å². The van der Waals surface area contributed by atoms with E-state index in [1.54, 1.807) is 16.1 Å². The fourth-order valence-electron chi connectivity index (χ4n) is 2.75. The number of thiophene rings is 1. The Morgan fingerprint density at radius 2 is 2.00 bits per heavy atom. The number of esters is 1. The highest BCUT2D eigenvalue weighted by Gasteiger charge is 2.29. The topological polar surface area (TPSA) is 73.2 Å². The van der Waals surface area contributed by atoms with E-state index in [1.807, 2.05) is 36.4 Å². The van der Waals surface area contributed by atoms with Crippen LogP contribution in [-0.2, 0) is 4.74 Å². The van der Waals surface area contributed by atoms with E-state index in [-0.39, 0.29) is 5.91 Å². The summed E-state index contributed by atoms with van der Waals surface area (Å²) in [4.78, 5) is 25.1. The number of carbonyl (C=O) groups is 2. The van der Waals surface area contributed by atoms with E-state index < -0.39 is 5.97 Å². The predicted molar refractivity (Wildman–Crippen MR) is 99.2 cm³/mol. The zero-order chi connectivity index (χ0) is 18.1. The minimum Gasteiger partial charge on any atom is -0.465 e. The van der Waals surface area contributed by atoms with Crippen LogP contribution >= 0.6 is 11.3 Å². The minimum atomic E-state index is -0.467. The van der Waals surface area contributed by atoms with Gasteiger partial charge in [-0.1, -0.05) is 18.2 Å². The van der Waals surface area contributed by atoms with Crippen LogP contribution in [0, 0.1) is 0 Å². The average Bonchev–Trinajstić information content (AvgIpc) is 3.25. The molecule has 7 heteroatoms. The van der Waals surface area contributed by atoms with E-state index in [9.17, 15) is 9.59 Å². The molecule has 1 aliphatic rings. The van der Waals surface area contributed by atoms with Crippen molar-refractivity contribution in [1.82, 2.24) is 9.78 Å². The SMILES string of the molecule is COC(=O)c1sccc1NC(=O)c1cc(C2CC2)nn1-c1ccccc1. The van der Waals surface area contributed by atoms with E-state index in [0.29, 0.717) is 22.2 Å². The lowest BCUT2D eigenvalue weighted by molar-refractivity contribution is 0.0607. The summed E-state index contributed by atoms with van der Waals surface area (Å²) < 4.78 is 6.42. The molecule has 0 atom stereocenters. The monoisotopic (exact) mass is 367 g/mol. The predicted octanol–water partition coefficient (Wildman–Crippen LogP) is 3.85. The number of nitrogens with one attached hydrogen (secondary N) is 1. The van der Waals surface area contributed by atoms with Gasteiger partial charge in [-0.15, -0.1) is 11.3 Å². The number of aromatic nitrogens is 2. The van der Waals surface area contributed by atoms with Crippen LogP contribution in [0.5, 0.6) is 0 Å². The second-order valence-electron chi connectivity index (χ2n) is 6.09. The van der Waals surface area contributed by atoms with Crippen LogP contribution in [0.2, 0.25) is 0 Å². The van der Waals surface area contributed by atoms with Crippen LogP contribution in [0.25, 0.3) is 5.69 Å². The number of benzene rings is 1. The summed E-state index contributed by atoms with van der Waals surface area (Å²) in [5.41, 5.74) is 2.64. The van der Waals surface area contributed by atoms with Crippen molar-refractivity contribution < 1.29 is 14.3 Å². The molecular formula is C19H17N3O3S. The van der Waals surface area contributed by atoms with Crippen molar-refractivity contribution in [3.05, 3.63) is 64.1 Å². The third-order valence-electron chi connectivity index (χ3n) is 4.24. The third-order valence-corrected chi connectivity index (χ3v) is 5.14. The largest absolute Gasteiger partial charge is 0.465 e. The number of carbonyl (C=O) groups excluding carboxylic acids is 2. The molecule has 4 rings (SSSR count). The zero-order valence-corrected chi connectivity index (χ0v) is 15.0. The quantitative estimate of drug-likeness (QED) is 0.695. The molecule has 0 radical (unpaired) electrons. The number of ether oxygens (including phenoxy) is 1. The Kier molecular flexibility index (Phi) is 4.30. The van der Waals surface area contributed by atoms with Gasteiger partial charge in [0.2, 0.25) is 0 Å². The minimum absolute atomic E-state index is 0.309. The first-order valence-corrected chi connectivity index (χ1v) is 9.18. The second-order valence-corrected chi connectivity index (χ2v) is 7.00. The van der Waals surface area contributed by atoms with E-state index in [4.69, 9.17) is 4.74 Å². The molecule has 6 nitrogen and oxygen atoms in total. The van der Waals surface area contributed by atoms with Crippen molar-refractivity contribution >= 4 is 28.9 Å². The Balaban J connectivity index is 1.68. The van der Waals surface area contributed by atoms with Crippen molar-refractivity contribution in [1.29, 1.82) is 0 Å². The Hall–Kier alpha value is -2.93. The number of amides is 1. The maximum atomic E-state index is 12.9.